The number of nitrogens with zero attached hydrogens (tertiary/aromatic N) is 7. The van der Waals surface area contributed by atoms with Gasteiger partial charge in [0.05, 0.1) is 18.2 Å². The number of urea groups is 1. The highest BCUT2D eigenvalue weighted by Crippen LogP contribution is 2.36. The van der Waals surface area contributed by atoms with Crippen molar-refractivity contribution in [3.8, 4) is 0 Å². The number of hydrogen-bond donors (Lipinski definition) is 3. The van der Waals surface area contributed by atoms with Crippen molar-refractivity contribution < 1.29 is 28.0 Å². The molecule has 4 N–H and O–H groups in total. The maximum absolute atomic E-state index is 15.1. The van der Waals surface area contributed by atoms with Crippen LogP contribution in [0.1, 0.15) is 72.0 Å². The lowest BCUT2D eigenvalue weighted by molar-refractivity contribution is -0.134. The summed E-state index contributed by atoms with van der Waals surface area (Å²) in [5.41, 5.74) is 7.89. The lowest BCUT2D eigenvalue weighted by Gasteiger charge is -2.48. The normalized spacial score (nSPS) is 22.9. The molecule has 5 amide bonds. The summed E-state index contributed by atoms with van der Waals surface area (Å²) in [7, 11) is 1.82. The molecule has 1 aromatic heterocycles. The number of benzene rings is 2. The van der Waals surface area contributed by atoms with Crippen LogP contribution in [0.3, 0.4) is 0 Å². The first-order chi connectivity index (χ1) is 26.5. The van der Waals surface area contributed by atoms with E-state index in [9.17, 15) is 19.2 Å². The molecule has 0 radical (unpaired) electrons. The highest BCUT2D eigenvalue weighted by molar-refractivity contribution is 6.01. The number of imide groups is 1. The summed E-state index contributed by atoms with van der Waals surface area (Å²) in [6.45, 7) is 5.97. The molecule has 2 atom stereocenters. The van der Waals surface area contributed by atoms with Crippen molar-refractivity contribution in [1.29, 1.82) is 0 Å². The molecular formula is C39H46F2N10O4. The van der Waals surface area contributed by atoms with Gasteiger partial charge in [-0.3, -0.25) is 24.6 Å². The standard InChI is InChI=1S/C39H46F2N10O4/c1-47-15-16-51(39(47)55)26-3-2-12-49(20-26)32-19-43-35(36(42)53)37(45-32)44-25-6-4-23(5-7-25)24-10-13-48(14-11-24)28-21-50(22-28)27-17-30(40)34(31(41)18-27)29-8-9-33(52)46-38(29)54/h4-7,17-19,24,26,28-29H,2-3,8-16,20-22H2,1H3,(H2,42,53)(H,44,45)(H,46,52,54)/t26-,29?/m1/s1. The van der Waals surface area contributed by atoms with Crippen LogP contribution in [0, 0.1) is 11.6 Å². The molecule has 14 nitrogen and oxygen atoms in total. The Morgan fingerprint density at radius 2 is 1.60 bits per heavy atom. The maximum atomic E-state index is 15.1. The number of piperidine rings is 3. The second kappa shape index (κ2) is 15.0. The Labute approximate surface area is 318 Å². The van der Waals surface area contributed by atoms with Gasteiger partial charge in [-0.1, -0.05) is 12.1 Å². The molecule has 6 heterocycles. The van der Waals surface area contributed by atoms with Gasteiger partial charge in [-0.05, 0) is 80.9 Å². The molecule has 5 saturated heterocycles. The summed E-state index contributed by atoms with van der Waals surface area (Å²) < 4.78 is 30.2. The lowest BCUT2D eigenvalue weighted by Crippen LogP contribution is -2.60. The molecule has 1 unspecified atom stereocenters. The van der Waals surface area contributed by atoms with Gasteiger partial charge in [-0.15, -0.1) is 0 Å². The van der Waals surface area contributed by atoms with Crippen molar-refractivity contribution in [3.05, 3.63) is 71.1 Å². The zero-order chi connectivity index (χ0) is 38.4. The van der Waals surface area contributed by atoms with Crippen LogP contribution in [-0.4, -0.2) is 120 Å². The topological polar surface area (TPSA) is 160 Å². The van der Waals surface area contributed by atoms with Gasteiger partial charge in [0.25, 0.3) is 5.91 Å². The van der Waals surface area contributed by atoms with E-state index >= 15 is 8.78 Å². The minimum Gasteiger partial charge on any atom is -0.368 e. The van der Waals surface area contributed by atoms with Gasteiger partial charge in [-0.25, -0.2) is 23.5 Å². The van der Waals surface area contributed by atoms with Gasteiger partial charge < -0.3 is 30.7 Å². The van der Waals surface area contributed by atoms with E-state index in [0.717, 1.165) is 57.5 Å². The molecule has 5 fully saturated rings. The molecule has 290 valence electrons. The first-order valence-electron chi connectivity index (χ1n) is 19.1. The zero-order valence-corrected chi connectivity index (χ0v) is 30.8. The van der Waals surface area contributed by atoms with Crippen molar-refractivity contribution in [2.75, 3.05) is 74.5 Å². The van der Waals surface area contributed by atoms with Crippen LogP contribution in [0.15, 0.2) is 42.6 Å². The molecule has 2 aromatic carbocycles. The van der Waals surface area contributed by atoms with Crippen LogP contribution in [0.25, 0.3) is 0 Å². The Bertz CT molecular complexity index is 1960. The monoisotopic (exact) mass is 756 g/mol. The largest absolute Gasteiger partial charge is 0.368 e. The number of anilines is 4. The number of likely N-dealkylation sites (tertiary alicyclic amines) is 1. The fraction of sp³-hybridized carbons (Fsp3) is 0.487. The summed E-state index contributed by atoms with van der Waals surface area (Å²) in [6, 6.07) is 11.1. The summed E-state index contributed by atoms with van der Waals surface area (Å²) in [5.74, 6) is -3.01. The molecule has 5 aliphatic rings. The predicted octanol–water partition coefficient (Wildman–Crippen LogP) is 3.52. The molecule has 16 heteroatoms. The quantitative estimate of drug-likeness (QED) is 0.276. The van der Waals surface area contributed by atoms with E-state index in [-0.39, 0.29) is 48.0 Å². The van der Waals surface area contributed by atoms with Crippen LogP contribution < -0.4 is 26.2 Å². The SMILES string of the molecule is CN1CCN([C@@H]2CCCN(c3cnc(C(N)=O)c(Nc4ccc(C5CCN(C6CN(c7cc(F)c(C8CCC(=O)NC8=O)c(F)c7)C6)CC5)cc4)n3)C2)C1=O. The number of amides is 5. The summed E-state index contributed by atoms with van der Waals surface area (Å²) >= 11 is 0. The number of hydrogen-bond acceptors (Lipinski definition) is 10. The van der Waals surface area contributed by atoms with Gasteiger partial charge in [0, 0.05) is 75.7 Å². The predicted molar refractivity (Wildman–Crippen MR) is 201 cm³/mol. The molecule has 0 spiro atoms. The summed E-state index contributed by atoms with van der Waals surface area (Å²) in [6.07, 6.45) is 5.50. The molecule has 55 heavy (non-hydrogen) atoms. The number of halogens is 2. The highest BCUT2D eigenvalue weighted by Gasteiger charge is 2.38. The number of aromatic nitrogens is 2. The van der Waals surface area contributed by atoms with E-state index in [1.807, 2.05) is 29.0 Å². The van der Waals surface area contributed by atoms with Gasteiger partial charge in [0.1, 0.15) is 17.5 Å². The second-order valence-corrected chi connectivity index (χ2v) is 15.4. The second-order valence-electron chi connectivity index (χ2n) is 15.4. The smallest absolute Gasteiger partial charge is 0.320 e. The van der Waals surface area contributed by atoms with Gasteiger partial charge >= 0.3 is 6.03 Å². The summed E-state index contributed by atoms with van der Waals surface area (Å²) in [4.78, 5) is 68.0. The van der Waals surface area contributed by atoms with Gasteiger partial charge in [0.2, 0.25) is 11.8 Å². The number of nitrogens with one attached hydrogen (secondary N) is 2. The molecule has 5 aliphatic heterocycles. The molecular weight excluding hydrogens is 710 g/mol. The van der Waals surface area contributed by atoms with E-state index in [0.29, 0.717) is 43.6 Å². The Hall–Kier alpha value is -5.38. The first-order valence-corrected chi connectivity index (χ1v) is 19.1. The minimum absolute atomic E-state index is 0.0512. The third-order valence-electron chi connectivity index (χ3n) is 12.0. The fourth-order valence-electron chi connectivity index (χ4n) is 8.75. The molecule has 8 rings (SSSR count). The molecule has 0 saturated carbocycles. The Kier molecular flexibility index (Phi) is 10.0. The fourth-order valence-corrected chi connectivity index (χ4v) is 8.75. The number of likely N-dealkylation sites (N-methyl/N-ethyl adjacent to an activating group) is 1. The highest BCUT2D eigenvalue weighted by atomic mass is 19.1. The number of carbonyl (C=O) groups is 4. The number of carbonyl (C=O) groups excluding carboxylic acids is 4. The number of nitrogens with two attached hydrogens (primary N) is 1. The van der Waals surface area contributed by atoms with Crippen LogP contribution >= 0.6 is 0 Å². The Morgan fingerprint density at radius 3 is 2.25 bits per heavy atom. The third-order valence-corrected chi connectivity index (χ3v) is 12.0. The van der Waals surface area contributed by atoms with E-state index in [2.05, 4.69) is 37.6 Å². The minimum atomic E-state index is -1.01. The summed E-state index contributed by atoms with van der Waals surface area (Å²) in [5, 5.41) is 5.44. The van der Waals surface area contributed by atoms with Crippen LogP contribution in [0.4, 0.5) is 36.6 Å². The number of primary amides is 1. The third kappa shape index (κ3) is 7.39. The first kappa shape index (κ1) is 36.6. The van der Waals surface area contributed by atoms with Gasteiger partial charge in [0.15, 0.2) is 11.5 Å². The number of rotatable bonds is 9. The van der Waals surface area contributed by atoms with E-state index < -0.39 is 35.3 Å². The molecule has 0 bridgehead atoms. The molecule has 0 aliphatic carbocycles. The Morgan fingerprint density at radius 1 is 0.891 bits per heavy atom. The average Bonchev–Trinajstić information content (AvgIpc) is 3.49. The van der Waals surface area contributed by atoms with Crippen LogP contribution in [0.2, 0.25) is 0 Å². The van der Waals surface area contributed by atoms with Crippen molar-refractivity contribution in [3.63, 3.8) is 0 Å². The van der Waals surface area contributed by atoms with Crippen molar-refractivity contribution in [2.24, 2.45) is 5.73 Å². The van der Waals surface area contributed by atoms with Crippen molar-refractivity contribution in [1.82, 2.24) is 30.0 Å². The van der Waals surface area contributed by atoms with E-state index in [1.54, 1.807) is 11.1 Å². The van der Waals surface area contributed by atoms with Crippen molar-refractivity contribution >= 4 is 46.8 Å². The van der Waals surface area contributed by atoms with E-state index in [4.69, 9.17) is 10.7 Å². The van der Waals surface area contributed by atoms with Gasteiger partial charge in [-0.2, -0.15) is 0 Å². The van der Waals surface area contributed by atoms with Crippen molar-refractivity contribution in [2.45, 2.75) is 62.4 Å². The maximum Gasteiger partial charge on any atom is 0.320 e. The van der Waals surface area contributed by atoms with Crippen LogP contribution in [0.5, 0.6) is 0 Å². The van der Waals surface area contributed by atoms with Crippen LogP contribution in [-0.2, 0) is 9.59 Å². The molecule has 3 aromatic rings. The lowest BCUT2D eigenvalue weighted by atomic mass is 9.88. The zero-order valence-electron chi connectivity index (χ0n) is 30.8. The van der Waals surface area contributed by atoms with E-state index in [1.165, 1.54) is 17.7 Å². The Balaban J connectivity index is 0.849. The average molecular weight is 757 g/mol.